The molecule has 1 unspecified atom stereocenters. The molecular weight excluding hydrogens is 214 g/mol. The Hall–Kier alpha value is -1.06. The molecule has 1 aliphatic carbocycles. The predicted octanol–water partition coefficient (Wildman–Crippen LogP) is 1.65. The molecule has 1 aromatic carbocycles. The number of hydrogen-bond donors (Lipinski definition) is 2. The monoisotopic (exact) mass is 235 g/mol. The second-order valence-electron chi connectivity index (χ2n) is 5.08. The molecular formula is C14H21NO2. The number of aryl methyl sites for hydroxylation is 2. The van der Waals surface area contributed by atoms with E-state index in [0.29, 0.717) is 13.0 Å². The van der Waals surface area contributed by atoms with Crippen LogP contribution in [0.5, 0.6) is 5.75 Å². The largest absolute Gasteiger partial charge is 0.493 e. The lowest BCUT2D eigenvalue weighted by Crippen LogP contribution is -2.35. The predicted molar refractivity (Wildman–Crippen MR) is 68.3 cm³/mol. The summed E-state index contributed by atoms with van der Waals surface area (Å²) in [5, 5.41) is 9.75. The molecule has 0 bridgehead atoms. The molecule has 1 aliphatic rings. The smallest absolute Gasteiger partial charge is 0.119 e. The molecule has 0 spiro atoms. The minimum absolute atomic E-state index is 0.264. The van der Waals surface area contributed by atoms with Crippen LogP contribution in [-0.4, -0.2) is 23.9 Å². The summed E-state index contributed by atoms with van der Waals surface area (Å²) >= 11 is 0. The molecule has 94 valence electrons. The molecule has 0 fully saturated rings. The number of fused-ring (bicyclic) bond motifs is 1. The SMILES string of the molecule is CC(O)(CN)CCOc1ccc2c(c1)CCC2. The first kappa shape index (κ1) is 12.4. The van der Waals surface area contributed by atoms with Crippen molar-refractivity contribution in [3.05, 3.63) is 29.3 Å². The standard InChI is InChI=1S/C14H21NO2/c1-14(16,10-15)7-8-17-13-6-5-11-3-2-4-12(11)9-13/h5-6,9,16H,2-4,7-8,10,15H2,1H3. The number of nitrogens with two attached hydrogens (primary N) is 1. The molecule has 3 nitrogen and oxygen atoms in total. The number of rotatable bonds is 5. The molecule has 17 heavy (non-hydrogen) atoms. The van der Waals surface area contributed by atoms with Crippen LogP contribution in [0, 0.1) is 0 Å². The zero-order valence-corrected chi connectivity index (χ0v) is 10.4. The van der Waals surface area contributed by atoms with Crippen molar-refractivity contribution in [3.63, 3.8) is 0 Å². The molecule has 0 heterocycles. The van der Waals surface area contributed by atoms with Crippen LogP contribution in [0.3, 0.4) is 0 Å². The van der Waals surface area contributed by atoms with Crippen molar-refractivity contribution in [3.8, 4) is 5.75 Å². The van der Waals surface area contributed by atoms with E-state index in [1.165, 1.54) is 24.0 Å². The highest BCUT2D eigenvalue weighted by Crippen LogP contribution is 2.26. The summed E-state index contributed by atoms with van der Waals surface area (Å²) in [6.45, 7) is 2.50. The van der Waals surface area contributed by atoms with Crippen molar-refractivity contribution in [1.82, 2.24) is 0 Å². The summed E-state index contributed by atoms with van der Waals surface area (Å²) in [6, 6.07) is 6.29. The molecule has 0 aromatic heterocycles. The fraction of sp³-hybridized carbons (Fsp3) is 0.571. The third kappa shape index (κ3) is 3.20. The summed E-state index contributed by atoms with van der Waals surface area (Å²) in [5.41, 5.74) is 7.49. The van der Waals surface area contributed by atoms with Gasteiger partial charge in [-0.15, -0.1) is 0 Å². The van der Waals surface area contributed by atoms with Crippen molar-refractivity contribution in [2.45, 2.75) is 38.2 Å². The van der Waals surface area contributed by atoms with E-state index in [-0.39, 0.29) is 6.54 Å². The number of hydrogen-bond acceptors (Lipinski definition) is 3. The Morgan fingerprint density at radius 3 is 2.88 bits per heavy atom. The van der Waals surface area contributed by atoms with Crippen LogP contribution in [0.4, 0.5) is 0 Å². The normalized spacial score (nSPS) is 17.6. The van der Waals surface area contributed by atoms with Gasteiger partial charge < -0.3 is 15.6 Å². The van der Waals surface area contributed by atoms with Gasteiger partial charge in [0.05, 0.1) is 12.2 Å². The van der Waals surface area contributed by atoms with E-state index < -0.39 is 5.60 Å². The number of ether oxygens (including phenoxy) is 1. The maximum atomic E-state index is 9.75. The fourth-order valence-corrected chi connectivity index (χ4v) is 2.13. The first-order valence-electron chi connectivity index (χ1n) is 6.28. The molecule has 1 aromatic rings. The highest BCUT2D eigenvalue weighted by molar-refractivity contribution is 5.38. The summed E-state index contributed by atoms with van der Waals surface area (Å²) in [5.74, 6) is 0.901. The topological polar surface area (TPSA) is 55.5 Å². The van der Waals surface area contributed by atoms with Gasteiger partial charge in [-0.05, 0) is 49.4 Å². The highest BCUT2D eigenvalue weighted by Gasteiger charge is 2.18. The Labute approximate surface area is 103 Å². The lowest BCUT2D eigenvalue weighted by molar-refractivity contribution is 0.0453. The van der Waals surface area contributed by atoms with Crippen LogP contribution in [0.25, 0.3) is 0 Å². The molecule has 0 saturated heterocycles. The van der Waals surface area contributed by atoms with Gasteiger partial charge in [0, 0.05) is 13.0 Å². The van der Waals surface area contributed by atoms with Gasteiger partial charge in [-0.2, -0.15) is 0 Å². The number of aliphatic hydroxyl groups is 1. The molecule has 3 heteroatoms. The third-order valence-electron chi connectivity index (χ3n) is 3.42. The van der Waals surface area contributed by atoms with E-state index in [0.717, 1.165) is 12.2 Å². The third-order valence-corrected chi connectivity index (χ3v) is 3.42. The van der Waals surface area contributed by atoms with Crippen LogP contribution in [0.1, 0.15) is 30.9 Å². The van der Waals surface area contributed by atoms with E-state index in [1.54, 1.807) is 6.92 Å². The maximum Gasteiger partial charge on any atom is 0.119 e. The minimum Gasteiger partial charge on any atom is -0.493 e. The first-order valence-corrected chi connectivity index (χ1v) is 6.28. The Morgan fingerprint density at radius 1 is 1.35 bits per heavy atom. The first-order chi connectivity index (χ1) is 8.11. The van der Waals surface area contributed by atoms with Crippen LogP contribution in [0.15, 0.2) is 18.2 Å². The molecule has 0 aliphatic heterocycles. The van der Waals surface area contributed by atoms with Gasteiger partial charge in [-0.3, -0.25) is 0 Å². The lowest BCUT2D eigenvalue weighted by atomic mass is 10.0. The lowest BCUT2D eigenvalue weighted by Gasteiger charge is -2.20. The van der Waals surface area contributed by atoms with E-state index in [2.05, 4.69) is 12.1 Å². The van der Waals surface area contributed by atoms with E-state index >= 15 is 0 Å². The number of benzene rings is 1. The molecule has 1 atom stereocenters. The van der Waals surface area contributed by atoms with E-state index in [1.807, 2.05) is 6.07 Å². The fourth-order valence-electron chi connectivity index (χ4n) is 2.13. The van der Waals surface area contributed by atoms with Crippen LogP contribution >= 0.6 is 0 Å². The van der Waals surface area contributed by atoms with Crippen molar-refractivity contribution < 1.29 is 9.84 Å². The van der Waals surface area contributed by atoms with E-state index in [4.69, 9.17) is 10.5 Å². The molecule has 0 amide bonds. The molecule has 2 rings (SSSR count). The second-order valence-corrected chi connectivity index (χ2v) is 5.08. The molecule has 0 radical (unpaired) electrons. The Morgan fingerprint density at radius 2 is 2.12 bits per heavy atom. The van der Waals surface area contributed by atoms with Gasteiger partial charge in [0.2, 0.25) is 0 Å². The van der Waals surface area contributed by atoms with Crippen LogP contribution in [0.2, 0.25) is 0 Å². The second kappa shape index (κ2) is 5.07. The van der Waals surface area contributed by atoms with Gasteiger partial charge in [-0.25, -0.2) is 0 Å². The Bertz CT molecular complexity index is 388. The maximum absolute atomic E-state index is 9.75. The van der Waals surface area contributed by atoms with E-state index in [9.17, 15) is 5.11 Å². The van der Waals surface area contributed by atoms with Crippen molar-refractivity contribution >= 4 is 0 Å². The Kier molecular flexibility index (Phi) is 3.69. The quantitative estimate of drug-likeness (QED) is 0.816. The zero-order chi connectivity index (χ0) is 12.3. The van der Waals surface area contributed by atoms with Crippen molar-refractivity contribution in [2.24, 2.45) is 5.73 Å². The Balaban J connectivity index is 1.88. The zero-order valence-electron chi connectivity index (χ0n) is 10.4. The summed E-state index contributed by atoms with van der Waals surface area (Å²) < 4.78 is 5.65. The van der Waals surface area contributed by atoms with Crippen molar-refractivity contribution in [2.75, 3.05) is 13.2 Å². The average molecular weight is 235 g/mol. The summed E-state index contributed by atoms with van der Waals surface area (Å²) in [4.78, 5) is 0. The van der Waals surface area contributed by atoms with Gasteiger partial charge in [-0.1, -0.05) is 6.07 Å². The van der Waals surface area contributed by atoms with Crippen LogP contribution < -0.4 is 10.5 Å². The van der Waals surface area contributed by atoms with Gasteiger partial charge in [0.25, 0.3) is 0 Å². The average Bonchev–Trinajstić information content (AvgIpc) is 2.76. The molecule has 3 N–H and O–H groups in total. The van der Waals surface area contributed by atoms with Gasteiger partial charge in [0.15, 0.2) is 0 Å². The summed E-state index contributed by atoms with van der Waals surface area (Å²) in [6.07, 6.45) is 4.16. The van der Waals surface area contributed by atoms with Crippen molar-refractivity contribution in [1.29, 1.82) is 0 Å². The van der Waals surface area contributed by atoms with Gasteiger partial charge in [0.1, 0.15) is 5.75 Å². The minimum atomic E-state index is -0.823. The van der Waals surface area contributed by atoms with Gasteiger partial charge >= 0.3 is 0 Å². The highest BCUT2D eigenvalue weighted by atomic mass is 16.5. The summed E-state index contributed by atoms with van der Waals surface area (Å²) in [7, 11) is 0. The van der Waals surface area contributed by atoms with Crippen LogP contribution in [-0.2, 0) is 12.8 Å². The molecule has 0 saturated carbocycles.